The molecule has 2 nitrogen and oxygen atoms in total. The van der Waals surface area contributed by atoms with E-state index in [1.807, 2.05) is 0 Å². The maximum absolute atomic E-state index is 11.8. The molecule has 0 radical (unpaired) electrons. The molecule has 0 aliphatic heterocycles. The van der Waals surface area contributed by atoms with Crippen molar-refractivity contribution >= 4 is 5.91 Å². The molecule has 2 heteroatoms. The van der Waals surface area contributed by atoms with Crippen molar-refractivity contribution in [3.05, 3.63) is 11.1 Å². The van der Waals surface area contributed by atoms with Crippen LogP contribution in [0.25, 0.3) is 0 Å². The Morgan fingerprint density at radius 1 is 1.29 bits per heavy atom. The van der Waals surface area contributed by atoms with Gasteiger partial charge >= 0.3 is 0 Å². The highest BCUT2D eigenvalue weighted by molar-refractivity contribution is 5.93. The first-order valence-electron chi connectivity index (χ1n) is 6.88. The second-order valence-corrected chi connectivity index (χ2v) is 6.47. The highest BCUT2D eigenvalue weighted by atomic mass is 16.1. The van der Waals surface area contributed by atoms with Crippen LogP contribution in [0.15, 0.2) is 11.1 Å². The summed E-state index contributed by atoms with van der Waals surface area (Å²) in [4.78, 5) is 11.8. The second-order valence-electron chi connectivity index (χ2n) is 6.47. The third-order valence-electron chi connectivity index (χ3n) is 5.61. The number of allylic oxidation sites excluding steroid dienone is 1. The predicted molar refractivity (Wildman–Crippen MR) is 70.3 cm³/mol. The van der Waals surface area contributed by atoms with Gasteiger partial charge in [-0.2, -0.15) is 0 Å². The third-order valence-corrected chi connectivity index (χ3v) is 5.61. The summed E-state index contributed by atoms with van der Waals surface area (Å²) in [6.07, 6.45) is 4.98. The molecule has 0 saturated heterocycles. The number of hydrogen-bond acceptors (Lipinski definition) is 1. The quantitative estimate of drug-likeness (QED) is 0.744. The summed E-state index contributed by atoms with van der Waals surface area (Å²) in [6, 6.07) is 0. The van der Waals surface area contributed by atoms with Gasteiger partial charge in [-0.05, 0) is 42.9 Å². The van der Waals surface area contributed by atoms with Crippen LogP contribution in [0.1, 0.15) is 53.4 Å². The van der Waals surface area contributed by atoms with Crippen LogP contribution < -0.4 is 5.73 Å². The number of primary amides is 1. The highest BCUT2D eigenvalue weighted by Gasteiger charge is 2.46. The number of rotatable bonds is 1. The van der Waals surface area contributed by atoms with Gasteiger partial charge in [0.15, 0.2) is 0 Å². The topological polar surface area (TPSA) is 43.1 Å². The minimum Gasteiger partial charge on any atom is -0.366 e. The lowest BCUT2D eigenvalue weighted by Gasteiger charge is -2.50. The largest absolute Gasteiger partial charge is 0.366 e. The molecule has 2 N–H and O–H groups in total. The average molecular weight is 235 g/mol. The fourth-order valence-corrected chi connectivity index (χ4v) is 3.99. The van der Waals surface area contributed by atoms with E-state index in [4.69, 9.17) is 5.73 Å². The van der Waals surface area contributed by atoms with Crippen molar-refractivity contribution in [3.63, 3.8) is 0 Å². The number of nitrogens with two attached hydrogens (primary N) is 1. The van der Waals surface area contributed by atoms with Gasteiger partial charge in [-0.1, -0.05) is 39.2 Å². The third kappa shape index (κ3) is 1.82. The summed E-state index contributed by atoms with van der Waals surface area (Å²) in [5, 5.41) is 0. The molecule has 1 fully saturated rings. The van der Waals surface area contributed by atoms with E-state index in [0.717, 1.165) is 12.0 Å². The van der Waals surface area contributed by atoms with Crippen molar-refractivity contribution < 1.29 is 4.79 Å². The molecule has 0 bridgehead atoms. The van der Waals surface area contributed by atoms with Gasteiger partial charge in [0.2, 0.25) is 5.91 Å². The van der Waals surface area contributed by atoms with E-state index in [-0.39, 0.29) is 11.3 Å². The van der Waals surface area contributed by atoms with Crippen LogP contribution in [0.5, 0.6) is 0 Å². The fraction of sp³-hybridized carbons (Fsp3) is 0.800. The number of carbonyl (C=O) groups is 1. The zero-order chi connectivity index (χ0) is 12.8. The van der Waals surface area contributed by atoms with Crippen molar-refractivity contribution in [3.8, 4) is 0 Å². The summed E-state index contributed by atoms with van der Waals surface area (Å²) >= 11 is 0. The van der Waals surface area contributed by atoms with Crippen molar-refractivity contribution in [1.29, 1.82) is 0 Å². The van der Waals surface area contributed by atoms with Crippen LogP contribution in [0.4, 0.5) is 0 Å². The van der Waals surface area contributed by atoms with Crippen molar-refractivity contribution in [2.24, 2.45) is 28.9 Å². The molecule has 96 valence electrons. The molecule has 0 aromatic rings. The summed E-state index contributed by atoms with van der Waals surface area (Å²) in [5.41, 5.74) is 7.94. The van der Waals surface area contributed by atoms with Gasteiger partial charge in [-0.3, -0.25) is 4.79 Å². The van der Waals surface area contributed by atoms with Gasteiger partial charge in [-0.15, -0.1) is 0 Å². The Balaban J connectivity index is 2.51. The molecule has 0 aromatic carbocycles. The Kier molecular flexibility index (Phi) is 3.09. The Bertz CT molecular complexity index is 367. The molecule has 0 aromatic heterocycles. The monoisotopic (exact) mass is 235 g/mol. The molecular weight excluding hydrogens is 210 g/mol. The number of hydrogen-bond donors (Lipinski definition) is 1. The number of amides is 1. The SMILES string of the molecule is CC1=C(C(N)=O)C2CCCCC2C(C)C1(C)C. The lowest BCUT2D eigenvalue weighted by Crippen LogP contribution is -2.44. The van der Waals surface area contributed by atoms with Crippen LogP contribution in [0, 0.1) is 23.2 Å². The molecule has 1 saturated carbocycles. The molecule has 2 rings (SSSR count). The Morgan fingerprint density at radius 2 is 1.88 bits per heavy atom. The van der Waals surface area contributed by atoms with E-state index >= 15 is 0 Å². The summed E-state index contributed by atoms with van der Waals surface area (Å²) in [7, 11) is 0. The zero-order valence-corrected chi connectivity index (χ0v) is 11.5. The van der Waals surface area contributed by atoms with Crippen LogP contribution in [-0.4, -0.2) is 5.91 Å². The van der Waals surface area contributed by atoms with E-state index in [1.165, 1.54) is 24.8 Å². The smallest absolute Gasteiger partial charge is 0.244 e. The molecule has 2 aliphatic rings. The Labute approximate surface area is 105 Å². The maximum atomic E-state index is 11.8. The average Bonchev–Trinajstić information content (AvgIpc) is 2.27. The zero-order valence-electron chi connectivity index (χ0n) is 11.5. The van der Waals surface area contributed by atoms with Crippen LogP contribution in [-0.2, 0) is 4.79 Å². The standard InChI is InChI=1S/C15H25NO/c1-9-11-7-5-6-8-12(11)13(14(16)17)10(2)15(9,3)4/h9,11-12H,5-8H2,1-4H3,(H2,16,17). The molecule has 17 heavy (non-hydrogen) atoms. The van der Waals surface area contributed by atoms with Crippen molar-refractivity contribution in [2.75, 3.05) is 0 Å². The molecule has 3 atom stereocenters. The van der Waals surface area contributed by atoms with E-state index < -0.39 is 0 Å². The van der Waals surface area contributed by atoms with Gasteiger partial charge in [0.1, 0.15) is 0 Å². The minimum atomic E-state index is -0.181. The van der Waals surface area contributed by atoms with Gasteiger partial charge in [0.25, 0.3) is 0 Å². The van der Waals surface area contributed by atoms with Crippen molar-refractivity contribution in [2.45, 2.75) is 53.4 Å². The van der Waals surface area contributed by atoms with E-state index in [0.29, 0.717) is 17.8 Å². The summed E-state index contributed by atoms with van der Waals surface area (Å²) < 4.78 is 0. The first-order valence-corrected chi connectivity index (χ1v) is 6.88. The van der Waals surface area contributed by atoms with Crippen LogP contribution in [0.3, 0.4) is 0 Å². The maximum Gasteiger partial charge on any atom is 0.244 e. The molecule has 1 amide bonds. The number of carbonyl (C=O) groups excluding carboxylic acids is 1. The highest BCUT2D eigenvalue weighted by Crippen LogP contribution is 2.54. The van der Waals surface area contributed by atoms with E-state index in [1.54, 1.807) is 0 Å². The molecule has 2 aliphatic carbocycles. The predicted octanol–water partition coefficient (Wildman–Crippen LogP) is 3.27. The lowest BCUT2D eigenvalue weighted by atomic mass is 9.55. The number of fused-ring (bicyclic) bond motifs is 1. The molecule has 0 spiro atoms. The molecular formula is C15H25NO. The van der Waals surface area contributed by atoms with Gasteiger partial charge in [-0.25, -0.2) is 0 Å². The molecule has 0 heterocycles. The summed E-state index contributed by atoms with van der Waals surface area (Å²) in [6.45, 7) is 8.99. The van der Waals surface area contributed by atoms with E-state index in [2.05, 4.69) is 27.7 Å². The molecule has 3 unspecified atom stereocenters. The van der Waals surface area contributed by atoms with Gasteiger partial charge < -0.3 is 5.73 Å². The Hall–Kier alpha value is -0.790. The summed E-state index contributed by atoms with van der Waals surface area (Å²) in [5.74, 6) is 1.56. The second kappa shape index (κ2) is 4.15. The van der Waals surface area contributed by atoms with Crippen LogP contribution >= 0.6 is 0 Å². The first-order chi connectivity index (χ1) is 7.87. The normalized spacial score (nSPS) is 36.6. The van der Waals surface area contributed by atoms with E-state index in [9.17, 15) is 4.79 Å². The van der Waals surface area contributed by atoms with Crippen molar-refractivity contribution in [1.82, 2.24) is 0 Å². The van der Waals surface area contributed by atoms with Crippen LogP contribution in [0.2, 0.25) is 0 Å². The lowest BCUT2D eigenvalue weighted by molar-refractivity contribution is -0.116. The fourth-order valence-electron chi connectivity index (χ4n) is 3.99. The van der Waals surface area contributed by atoms with Gasteiger partial charge in [0.05, 0.1) is 0 Å². The Morgan fingerprint density at radius 3 is 2.47 bits per heavy atom. The first kappa shape index (κ1) is 12.7. The van der Waals surface area contributed by atoms with Gasteiger partial charge in [0, 0.05) is 5.57 Å². The minimum absolute atomic E-state index is 0.114.